The standard InChI is InChI=1S/C22H22ClN3O/c1-2-13-24-22(27)26-15-17-6-3-4-7-19(17)25-14-5-8-20(25)21(26)16-9-11-18(23)12-10-16/h3-12,14,21H,2,13,15H2,1H3,(H,24,27)/t21-/m0/s1. The van der Waals surface area contributed by atoms with Crippen LogP contribution >= 0.6 is 11.6 Å². The van der Waals surface area contributed by atoms with Crippen LogP contribution in [0.2, 0.25) is 5.02 Å². The second kappa shape index (κ2) is 7.49. The number of urea groups is 1. The lowest BCUT2D eigenvalue weighted by Gasteiger charge is -2.31. The number of hydrogen-bond donors (Lipinski definition) is 1. The van der Waals surface area contributed by atoms with Crippen molar-refractivity contribution in [3.63, 3.8) is 0 Å². The van der Waals surface area contributed by atoms with Crippen LogP contribution < -0.4 is 5.32 Å². The average Bonchev–Trinajstić information content (AvgIpc) is 3.11. The Bertz CT molecular complexity index is 948. The van der Waals surface area contributed by atoms with Crippen LogP contribution in [0.15, 0.2) is 66.9 Å². The van der Waals surface area contributed by atoms with E-state index >= 15 is 0 Å². The summed E-state index contributed by atoms with van der Waals surface area (Å²) in [5.41, 5.74) is 4.34. The molecule has 0 saturated heterocycles. The van der Waals surface area contributed by atoms with E-state index in [9.17, 15) is 4.79 Å². The second-order valence-electron chi connectivity index (χ2n) is 6.75. The molecule has 0 bridgehead atoms. The lowest BCUT2D eigenvalue weighted by molar-refractivity contribution is 0.180. The summed E-state index contributed by atoms with van der Waals surface area (Å²) in [5, 5.41) is 3.73. The first-order valence-corrected chi connectivity index (χ1v) is 9.62. The predicted octanol–water partition coefficient (Wildman–Crippen LogP) is 5.16. The molecule has 2 aromatic carbocycles. The van der Waals surface area contributed by atoms with Gasteiger partial charge in [0.15, 0.2) is 0 Å². The molecule has 5 heteroatoms. The molecule has 27 heavy (non-hydrogen) atoms. The molecule has 1 aliphatic heterocycles. The fourth-order valence-corrected chi connectivity index (χ4v) is 3.79. The van der Waals surface area contributed by atoms with Crippen LogP contribution in [-0.2, 0) is 6.54 Å². The molecular weight excluding hydrogens is 358 g/mol. The van der Waals surface area contributed by atoms with Crippen molar-refractivity contribution in [2.45, 2.75) is 25.9 Å². The summed E-state index contributed by atoms with van der Waals surface area (Å²) in [6.45, 7) is 3.26. The van der Waals surface area contributed by atoms with Crippen molar-refractivity contribution in [3.05, 3.63) is 88.7 Å². The number of para-hydroxylation sites is 1. The first kappa shape index (κ1) is 17.7. The number of amides is 2. The van der Waals surface area contributed by atoms with Gasteiger partial charge in [-0.1, -0.05) is 48.9 Å². The minimum absolute atomic E-state index is 0.0544. The number of rotatable bonds is 3. The summed E-state index contributed by atoms with van der Waals surface area (Å²) in [6, 6.07) is 19.9. The number of hydrogen-bond acceptors (Lipinski definition) is 1. The first-order valence-electron chi connectivity index (χ1n) is 9.24. The molecule has 0 unspecified atom stereocenters. The van der Waals surface area contributed by atoms with E-state index in [0.29, 0.717) is 18.1 Å². The van der Waals surface area contributed by atoms with Crippen molar-refractivity contribution < 1.29 is 4.79 Å². The summed E-state index contributed by atoms with van der Waals surface area (Å²) >= 11 is 6.10. The van der Waals surface area contributed by atoms with Crippen LogP contribution in [0.1, 0.15) is 36.2 Å². The van der Waals surface area contributed by atoms with Gasteiger partial charge in [0.1, 0.15) is 0 Å². The van der Waals surface area contributed by atoms with Gasteiger partial charge in [0.25, 0.3) is 0 Å². The molecule has 1 aromatic heterocycles. The Morgan fingerprint density at radius 3 is 2.67 bits per heavy atom. The van der Waals surface area contributed by atoms with Crippen molar-refractivity contribution >= 4 is 17.6 Å². The summed E-state index contributed by atoms with van der Waals surface area (Å²) < 4.78 is 2.18. The number of benzene rings is 2. The average molecular weight is 380 g/mol. The van der Waals surface area contributed by atoms with Crippen molar-refractivity contribution in [1.82, 2.24) is 14.8 Å². The fraction of sp³-hybridized carbons (Fsp3) is 0.227. The summed E-state index contributed by atoms with van der Waals surface area (Å²) in [7, 11) is 0. The van der Waals surface area contributed by atoms with E-state index in [-0.39, 0.29) is 12.1 Å². The molecule has 2 amide bonds. The van der Waals surface area contributed by atoms with Crippen LogP contribution in [0.5, 0.6) is 0 Å². The minimum atomic E-state index is -0.193. The maximum atomic E-state index is 13.1. The Balaban J connectivity index is 1.87. The van der Waals surface area contributed by atoms with Crippen LogP contribution in [0.4, 0.5) is 4.79 Å². The lowest BCUT2D eigenvalue weighted by atomic mass is 10.0. The van der Waals surface area contributed by atoms with Crippen LogP contribution in [0.25, 0.3) is 5.69 Å². The number of fused-ring (bicyclic) bond motifs is 3. The predicted molar refractivity (Wildman–Crippen MR) is 108 cm³/mol. The number of aromatic nitrogens is 1. The molecule has 0 aliphatic carbocycles. The Morgan fingerprint density at radius 2 is 1.89 bits per heavy atom. The van der Waals surface area contributed by atoms with Crippen molar-refractivity contribution in [2.75, 3.05) is 6.54 Å². The zero-order chi connectivity index (χ0) is 18.8. The maximum Gasteiger partial charge on any atom is 0.318 e. The highest BCUT2D eigenvalue weighted by Crippen LogP contribution is 2.36. The molecule has 2 heterocycles. The minimum Gasteiger partial charge on any atom is -0.338 e. The molecule has 0 radical (unpaired) electrons. The van der Waals surface area contributed by atoms with Gasteiger partial charge in [0.2, 0.25) is 0 Å². The Hall–Kier alpha value is -2.72. The van der Waals surface area contributed by atoms with E-state index in [1.165, 1.54) is 0 Å². The monoisotopic (exact) mass is 379 g/mol. The number of nitrogens with one attached hydrogen (secondary N) is 1. The van der Waals surface area contributed by atoms with E-state index in [4.69, 9.17) is 11.6 Å². The highest BCUT2D eigenvalue weighted by atomic mass is 35.5. The number of halogens is 1. The van der Waals surface area contributed by atoms with Gasteiger partial charge in [-0.05, 0) is 47.9 Å². The quantitative estimate of drug-likeness (QED) is 0.670. The molecule has 3 aromatic rings. The molecule has 138 valence electrons. The van der Waals surface area contributed by atoms with Crippen LogP contribution in [0.3, 0.4) is 0 Å². The number of carbonyl (C=O) groups is 1. The molecule has 0 fully saturated rings. The molecule has 1 aliphatic rings. The van der Waals surface area contributed by atoms with Crippen LogP contribution in [0, 0.1) is 0 Å². The normalized spacial score (nSPS) is 15.6. The van der Waals surface area contributed by atoms with Gasteiger partial charge in [0, 0.05) is 23.5 Å². The largest absolute Gasteiger partial charge is 0.338 e. The number of nitrogens with zero attached hydrogens (tertiary/aromatic N) is 2. The zero-order valence-corrected chi connectivity index (χ0v) is 16.0. The summed E-state index contributed by atoms with van der Waals surface area (Å²) in [4.78, 5) is 15.0. The SMILES string of the molecule is CCCNC(=O)N1Cc2ccccc2-n2cccc2[C@@H]1c1ccc(Cl)cc1. The van der Waals surface area contributed by atoms with E-state index in [2.05, 4.69) is 41.2 Å². The first-order chi connectivity index (χ1) is 13.2. The highest BCUT2D eigenvalue weighted by Gasteiger charge is 2.32. The third-order valence-electron chi connectivity index (χ3n) is 4.94. The fourth-order valence-electron chi connectivity index (χ4n) is 3.67. The van der Waals surface area contributed by atoms with E-state index in [1.54, 1.807) is 0 Å². The Morgan fingerprint density at radius 1 is 1.11 bits per heavy atom. The lowest BCUT2D eigenvalue weighted by Crippen LogP contribution is -2.42. The second-order valence-corrected chi connectivity index (χ2v) is 7.18. The van der Waals surface area contributed by atoms with Gasteiger partial charge < -0.3 is 14.8 Å². The van der Waals surface area contributed by atoms with Gasteiger partial charge in [-0.2, -0.15) is 0 Å². The zero-order valence-electron chi connectivity index (χ0n) is 15.2. The molecule has 1 N–H and O–H groups in total. The van der Waals surface area contributed by atoms with Crippen LogP contribution in [-0.4, -0.2) is 22.0 Å². The Kier molecular flexibility index (Phi) is 4.90. The third-order valence-corrected chi connectivity index (χ3v) is 5.19. The Labute approximate surface area is 164 Å². The molecule has 0 saturated carbocycles. The molecule has 0 spiro atoms. The molecular formula is C22H22ClN3O. The number of carbonyl (C=O) groups excluding carboxylic acids is 1. The van der Waals surface area contributed by atoms with Crippen molar-refractivity contribution in [3.8, 4) is 5.69 Å². The summed E-state index contributed by atoms with van der Waals surface area (Å²) in [6.07, 6.45) is 2.96. The molecule has 4 nitrogen and oxygen atoms in total. The van der Waals surface area contributed by atoms with Gasteiger partial charge in [-0.3, -0.25) is 0 Å². The highest BCUT2D eigenvalue weighted by molar-refractivity contribution is 6.30. The van der Waals surface area contributed by atoms with E-state index < -0.39 is 0 Å². The van der Waals surface area contributed by atoms with Crippen molar-refractivity contribution in [1.29, 1.82) is 0 Å². The smallest absolute Gasteiger partial charge is 0.318 e. The van der Waals surface area contributed by atoms with Gasteiger partial charge in [-0.25, -0.2) is 4.79 Å². The third kappa shape index (κ3) is 3.33. The van der Waals surface area contributed by atoms with Crippen molar-refractivity contribution in [2.24, 2.45) is 0 Å². The van der Waals surface area contributed by atoms with Gasteiger partial charge >= 0.3 is 6.03 Å². The van der Waals surface area contributed by atoms with Gasteiger partial charge in [-0.15, -0.1) is 0 Å². The molecule has 4 rings (SSSR count). The summed E-state index contributed by atoms with van der Waals surface area (Å²) in [5.74, 6) is 0. The van der Waals surface area contributed by atoms with E-state index in [1.807, 2.05) is 47.4 Å². The van der Waals surface area contributed by atoms with Gasteiger partial charge in [0.05, 0.1) is 18.3 Å². The van der Waals surface area contributed by atoms with E-state index in [0.717, 1.165) is 28.9 Å². The topological polar surface area (TPSA) is 37.3 Å². The molecule has 1 atom stereocenters. The maximum absolute atomic E-state index is 13.1.